The molecular formula is C10H9BrF2O. The maximum Gasteiger partial charge on any atom is 0.190 e. The van der Waals surface area contributed by atoms with E-state index in [9.17, 15) is 8.78 Å². The Morgan fingerprint density at radius 3 is 2.21 bits per heavy atom. The highest BCUT2D eigenvalue weighted by Crippen LogP contribution is 2.26. The molecule has 0 aromatic heterocycles. The van der Waals surface area contributed by atoms with Crippen LogP contribution in [0.5, 0.6) is 5.75 Å². The van der Waals surface area contributed by atoms with Crippen molar-refractivity contribution in [2.24, 2.45) is 0 Å². The molecule has 14 heavy (non-hydrogen) atoms. The van der Waals surface area contributed by atoms with E-state index in [1.807, 2.05) is 0 Å². The first-order valence-electron chi connectivity index (χ1n) is 3.90. The Hall–Kier alpha value is -0.900. The smallest absolute Gasteiger partial charge is 0.190 e. The van der Waals surface area contributed by atoms with Crippen LogP contribution in [-0.4, -0.2) is 7.11 Å². The summed E-state index contributed by atoms with van der Waals surface area (Å²) in [5.74, 6) is -1.75. The molecule has 0 heterocycles. The molecule has 0 aliphatic heterocycles. The van der Waals surface area contributed by atoms with Crippen LogP contribution in [0.25, 0.3) is 5.57 Å². The summed E-state index contributed by atoms with van der Waals surface area (Å²) in [5, 5.41) is 0. The molecule has 0 bridgehead atoms. The van der Waals surface area contributed by atoms with E-state index in [-0.39, 0.29) is 5.75 Å². The molecule has 0 aliphatic carbocycles. The molecule has 1 aromatic rings. The van der Waals surface area contributed by atoms with Gasteiger partial charge in [0.25, 0.3) is 0 Å². The number of benzene rings is 1. The van der Waals surface area contributed by atoms with Crippen LogP contribution < -0.4 is 4.74 Å². The minimum Gasteiger partial charge on any atom is -0.491 e. The number of methoxy groups -OCH3 is 1. The molecule has 76 valence electrons. The largest absolute Gasteiger partial charge is 0.491 e. The lowest BCUT2D eigenvalue weighted by Crippen LogP contribution is -1.94. The molecule has 0 saturated carbocycles. The summed E-state index contributed by atoms with van der Waals surface area (Å²) in [5.41, 5.74) is 1.23. The quantitative estimate of drug-likeness (QED) is 0.789. The lowest BCUT2D eigenvalue weighted by molar-refractivity contribution is 0.359. The van der Waals surface area contributed by atoms with Crippen LogP contribution in [0.2, 0.25) is 0 Å². The molecule has 0 fully saturated rings. The van der Waals surface area contributed by atoms with Gasteiger partial charge in [-0.3, -0.25) is 0 Å². The maximum absolute atomic E-state index is 13.2. The highest BCUT2D eigenvalue weighted by atomic mass is 79.9. The molecule has 0 saturated heterocycles. The Morgan fingerprint density at radius 1 is 1.36 bits per heavy atom. The number of ether oxygens (including phenoxy) is 1. The van der Waals surface area contributed by atoms with Crippen molar-refractivity contribution in [2.45, 2.75) is 6.92 Å². The van der Waals surface area contributed by atoms with Gasteiger partial charge >= 0.3 is 0 Å². The SMILES string of the molecule is COc1c(F)cc(C(C)=CBr)cc1F. The third-order valence-corrected chi connectivity index (χ3v) is 2.51. The normalized spacial score (nSPS) is 11.6. The van der Waals surface area contributed by atoms with Gasteiger partial charge in [-0.1, -0.05) is 15.9 Å². The van der Waals surface area contributed by atoms with Crippen LogP contribution in [0, 0.1) is 11.6 Å². The molecule has 0 spiro atoms. The van der Waals surface area contributed by atoms with Gasteiger partial charge in [0.1, 0.15) is 0 Å². The third kappa shape index (κ3) is 2.12. The van der Waals surface area contributed by atoms with E-state index in [2.05, 4.69) is 20.7 Å². The van der Waals surface area contributed by atoms with Gasteiger partial charge in [-0.2, -0.15) is 0 Å². The van der Waals surface area contributed by atoms with Crippen LogP contribution in [0.15, 0.2) is 17.1 Å². The zero-order chi connectivity index (χ0) is 10.7. The highest BCUT2D eigenvalue weighted by molar-refractivity contribution is 9.11. The second-order valence-corrected chi connectivity index (χ2v) is 3.22. The zero-order valence-electron chi connectivity index (χ0n) is 7.77. The molecule has 0 N–H and O–H groups in total. The summed E-state index contributed by atoms with van der Waals surface area (Å²) in [6, 6.07) is 2.46. The monoisotopic (exact) mass is 262 g/mol. The molecule has 0 radical (unpaired) electrons. The Morgan fingerprint density at radius 2 is 1.86 bits per heavy atom. The second kappa shape index (κ2) is 4.55. The van der Waals surface area contributed by atoms with Crippen LogP contribution >= 0.6 is 15.9 Å². The molecule has 0 amide bonds. The van der Waals surface area contributed by atoms with Crippen molar-refractivity contribution < 1.29 is 13.5 Å². The number of halogens is 3. The van der Waals surface area contributed by atoms with Crippen molar-refractivity contribution in [2.75, 3.05) is 7.11 Å². The Bertz CT molecular complexity index is 351. The summed E-state index contributed by atoms with van der Waals surface area (Å²) in [4.78, 5) is 1.60. The van der Waals surface area contributed by atoms with E-state index in [1.54, 1.807) is 11.9 Å². The first kappa shape index (κ1) is 11.2. The first-order chi connectivity index (χ1) is 6.60. The zero-order valence-corrected chi connectivity index (χ0v) is 9.36. The summed E-state index contributed by atoms with van der Waals surface area (Å²) in [6.45, 7) is 1.75. The van der Waals surface area contributed by atoms with Crippen molar-refractivity contribution in [1.82, 2.24) is 0 Å². The molecule has 1 rings (SSSR count). The average molecular weight is 263 g/mol. The molecule has 1 nitrogen and oxygen atoms in total. The summed E-state index contributed by atoms with van der Waals surface area (Å²) >= 11 is 3.10. The highest BCUT2D eigenvalue weighted by Gasteiger charge is 2.11. The van der Waals surface area contributed by atoms with Gasteiger partial charge in [0.05, 0.1) is 7.11 Å². The van der Waals surface area contributed by atoms with Crippen molar-refractivity contribution in [3.05, 3.63) is 34.3 Å². The predicted octanol–water partition coefficient (Wildman–Crippen LogP) is 3.73. The fourth-order valence-corrected chi connectivity index (χ4v) is 1.31. The van der Waals surface area contributed by atoms with E-state index < -0.39 is 11.6 Å². The topological polar surface area (TPSA) is 9.23 Å². The van der Waals surface area contributed by atoms with E-state index in [1.165, 1.54) is 19.2 Å². The van der Waals surface area contributed by atoms with Crippen molar-refractivity contribution >= 4 is 21.5 Å². The van der Waals surface area contributed by atoms with Gasteiger partial charge in [-0.05, 0) is 35.2 Å². The fraction of sp³-hybridized carbons (Fsp3) is 0.200. The number of hydrogen-bond acceptors (Lipinski definition) is 1. The number of allylic oxidation sites excluding steroid dienone is 1. The van der Waals surface area contributed by atoms with Crippen molar-refractivity contribution in [3.8, 4) is 5.75 Å². The van der Waals surface area contributed by atoms with Gasteiger partial charge in [0, 0.05) is 0 Å². The average Bonchev–Trinajstić information content (AvgIpc) is 2.16. The number of hydrogen-bond donors (Lipinski definition) is 0. The minimum absolute atomic E-state index is 0.351. The van der Waals surface area contributed by atoms with Crippen LogP contribution in [0.1, 0.15) is 12.5 Å². The van der Waals surface area contributed by atoms with Crippen LogP contribution in [0.3, 0.4) is 0 Å². The van der Waals surface area contributed by atoms with Gasteiger partial charge in [-0.25, -0.2) is 8.78 Å². The molecule has 1 aromatic carbocycles. The Balaban J connectivity index is 3.27. The Labute approximate surface area is 89.5 Å². The second-order valence-electron chi connectivity index (χ2n) is 2.77. The minimum atomic E-state index is -0.698. The first-order valence-corrected chi connectivity index (χ1v) is 4.82. The molecule has 4 heteroatoms. The Kier molecular flexibility index (Phi) is 3.63. The molecular weight excluding hydrogens is 254 g/mol. The summed E-state index contributed by atoms with van der Waals surface area (Å²) < 4.78 is 31.0. The van der Waals surface area contributed by atoms with Crippen LogP contribution in [0.4, 0.5) is 8.78 Å². The lowest BCUT2D eigenvalue weighted by Gasteiger charge is -2.06. The number of rotatable bonds is 2. The summed E-state index contributed by atoms with van der Waals surface area (Å²) in [7, 11) is 1.23. The fourth-order valence-electron chi connectivity index (χ4n) is 1.05. The molecule has 0 atom stereocenters. The van der Waals surface area contributed by atoms with Gasteiger partial charge in [0.15, 0.2) is 17.4 Å². The van der Waals surface area contributed by atoms with Crippen molar-refractivity contribution in [3.63, 3.8) is 0 Å². The molecule has 0 unspecified atom stereocenters. The van der Waals surface area contributed by atoms with Gasteiger partial charge < -0.3 is 4.74 Å². The standard InChI is InChI=1S/C10H9BrF2O/c1-6(5-11)7-3-8(12)10(14-2)9(13)4-7/h3-5H,1-2H3. The third-order valence-electron chi connectivity index (χ3n) is 1.82. The van der Waals surface area contributed by atoms with E-state index >= 15 is 0 Å². The summed E-state index contributed by atoms with van der Waals surface area (Å²) in [6.07, 6.45) is 0. The van der Waals surface area contributed by atoms with E-state index in [0.29, 0.717) is 5.56 Å². The van der Waals surface area contributed by atoms with E-state index in [4.69, 9.17) is 0 Å². The van der Waals surface area contributed by atoms with Crippen molar-refractivity contribution in [1.29, 1.82) is 0 Å². The molecule has 0 aliphatic rings. The van der Waals surface area contributed by atoms with Gasteiger partial charge in [-0.15, -0.1) is 0 Å². The lowest BCUT2D eigenvalue weighted by atomic mass is 10.1. The van der Waals surface area contributed by atoms with Crippen LogP contribution in [-0.2, 0) is 0 Å². The van der Waals surface area contributed by atoms with Gasteiger partial charge in [0.2, 0.25) is 0 Å². The predicted molar refractivity (Wildman–Crippen MR) is 55.5 cm³/mol. The van der Waals surface area contributed by atoms with E-state index in [0.717, 1.165) is 5.57 Å². The maximum atomic E-state index is 13.2.